The molecular formula is C7H15N3O. The average molecular weight is 157 g/mol. The van der Waals surface area contributed by atoms with Crippen molar-refractivity contribution in [1.82, 2.24) is 10.6 Å². The lowest BCUT2D eigenvalue weighted by atomic mass is 10.1. The maximum Gasteiger partial charge on any atom is 0.217 e. The lowest BCUT2D eigenvalue weighted by Gasteiger charge is -2.10. The highest BCUT2D eigenvalue weighted by Crippen LogP contribution is 2.00. The van der Waals surface area contributed by atoms with Crippen LogP contribution in [0.25, 0.3) is 0 Å². The number of carbonyl (C=O) groups is 1. The number of nitrogens with one attached hydrogen (secondary N) is 2. The smallest absolute Gasteiger partial charge is 0.217 e. The third kappa shape index (κ3) is 3.34. The summed E-state index contributed by atoms with van der Waals surface area (Å²) in [5, 5.41) is 6.46. The summed E-state index contributed by atoms with van der Waals surface area (Å²) in [5.74, 6) is 0.162. The summed E-state index contributed by atoms with van der Waals surface area (Å²) in [6, 6.07) is 0. The van der Waals surface area contributed by atoms with Crippen LogP contribution < -0.4 is 16.4 Å². The average Bonchev–Trinajstić information content (AvgIpc) is 2.14. The van der Waals surface area contributed by atoms with Crippen molar-refractivity contribution >= 4 is 5.91 Å². The van der Waals surface area contributed by atoms with E-state index in [9.17, 15) is 4.79 Å². The minimum absolute atomic E-state index is 0.208. The predicted molar refractivity (Wildman–Crippen MR) is 43.0 cm³/mol. The summed E-state index contributed by atoms with van der Waals surface area (Å²) in [5.41, 5.74) is 5.08. The van der Waals surface area contributed by atoms with Crippen LogP contribution in [0.1, 0.15) is 6.42 Å². The van der Waals surface area contributed by atoms with E-state index in [0.717, 1.165) is 26.2 Å². The second-order valence-electron chi connectivity index (χ2n) is 2.94. The largest absolute Gasteiger partial charge is 0.370 e. The van der Waals surface area contributed by atoms with Crippen LogP contribution in [0.4, 0.5) is 0 Å². The minimum Gasteiger partial charge on any atom is -0.370 e. The number of carbonyl (C=O) groups excluding carboxylic acids is 1. The van der Waals surface area contributed by atoms with Gasteiger partial charge in [0.05, 0.1) is 0 Å². The molecule has 0 aromatic rings. The molecule has 1 saturated heterocycles. The van der Waals surface area contributed by atoms with Crippen molar-refractivity contribution in [2.75, 3.05) is 26.2 Å². The molecule has 0 radical (unpaired) electrons. The van der Waals surface area contributed by atoms with Gasteiger partial charge in [-0.2, -0.15) is 0 Å². The van der Waals surface area contributed by atoms with Gasteiger partial charge in [-0.15, -0.1) is 0 Å². The van der Waals surface area contributed by atoms with Crippen LogP contribution in [0.5, 0.6) is 0 Å². The van der Waals surface area contributed by atoms with Crippen molar-refractivity contribution in [3.05, 3.63) is 0 Å². The zero-order chi connectivity index (χ0) is 8.10. The van der Waals surface area contributed by atoms with Gasteiger partial charge in [-0.25, -0.2) is 0 Å². The maximum absolute atomic E-state index is 10.5. The van der Waals surface area contributed by atoms with E-state index in [0.29, 0.717) is 12.3 Å². The molecular weight excluding hydrogens is 142 g/mol. The first-order chi connectivity index (χ1) is 5.29. The van der Waals surface area contributed by atoms with Gasteiger partial charge < -0.3 is 16.4 Å². The lowest BCUT2D eigenvalue weighted by Crippen LogP contribution is -2.28. The highest BCUT2D eigenvalue weighted by molar-refractivity contribution is 5.74. The van der Waals surface area contributed by atoms with Crippen molar-refractivity contribution < 1.29 is 4.79 Å². The van der Waals surface area contributed by atoms with Gasteiger partial charge >= 0.3 is 0 Å². The fourth-order valence-electron chi connectivity index (χ4n) is 1.29. The Bertz CT molecular complexity index is 130. The van der Waals surface area contributed by atoms with Crippen LogP contribution >= 0.6 is 0 Å². The summed E-state index contributed by atoms with van der Waals surface area (Å²) in [6.07, 6.45) is 0.486. The number of primary amides is 1. The monoisotopic (exact) mass is 157 g/mol. The first-order valence-electron chi connectivity index (χ1n) is 3.99. The van der Waals surface area contributed by atoms with Gasteiger partial charge in [-0.1, -0.05) is 0 Å². The Balaban J connectivity index is 2.25. The van der Waals surface area contributed by atoms with Gasteiger partial charge in [0, 0.05) is 19.5 Å². The Kier molecular flexibility index (Phi) is 3.32. The third-order valence-electron chi connectivity index (χ3n) is 1.83. The van der Waals surface area contributed by atoms with Gasteiger partial charge in [0.1, 0.15) is 0 Å². The molecule has 1 aliphatic rings. The fourth-order valence-corrected chi connectivity index (χ4v) is 1.29. The first-order valence-corrected chi connectivity index (χ1v) is 3.99. The van der Waals surface area contributed by atoms with Crippen LogP contribution in [-0.2, 0) is 4.79 Å². The molecule has 4 heteroatoms. The van der Waals surface area contributed by atoms with Gasteiger partial charge in [-0.3, -0.25) is 4.79 Å². The van der Waals surface area contributed by atoms with E-state index in [-0.39, 0.29) is 5.91 Å². The lowest BCUT2D eigenvalue weighted by molar-refractivity contribution is -0.118. The highest BCUT2D eigenvalue weighted by atomic mass is 16.1. The topological polar surface area (TPSA) is 67.2 Å². The van der Waals surface area contributed by atoms with E-state index in [1.807, 2.05) is 0 Å². The van der Waals surface area contributed by atoms with Crippen molar-refractivity contribution in [1.29, 1.82) is 0 Å². The summed E-state index contributed by atoms with van der Waals surface area (Å²) in [7, 11) is 0. The first kappa shape index (κ1) is 8.49. The highest BCUT2D eigenvalue weighted by Gasteiger charge is 2.12. The Morgan fingerprint density at radius 2 is 1.91 bits per heavy atom. The molecule has 0 atom stereocenters. The van der Waals surface area contributed by atoms with E-state index in [1.165, 1.54) is 0 Å². The van der Waals surface area contributed by atoms with Crippen molar-refractivity contribution in [3.8, 4) is 0 Å². The van der Waals surface area contributed by atoms with Gasteiger partial charge in [0.2, 0.25) is 5.91 Å². The SMILES string of the molecule is NC(=O)CC1CNCCNC1. The zero-order valence-corrected chi connectivity index (χ0v) is 6.60. The van der Waals surface area contributed by atoms with E-state index >= 15 is 0 Å². The summed E-state index contributed by atoms with van der Waals surface area (Å²) >= 11 is 0. The molecule has 1 fully saturated rings. The Morgan fingerprint density at radius 1 is 1.36 bits per heavy atom. The number of hydrogen-bond acceptors (Lipinski definition) is 3. The van der Waals surface area contributed by atoms with E-state index < -0.39 is 0 Å². The number of amides is 1. The molecule has 1 heterocycles. The van der Waals surface area contributed by atoms with Gasteiger partial charge in [0.25, 0.3) is 0 Å². The zero-order valence-electron chi connectivity index (χ0n) is 6.60. The Labute approximate surface area is 66.5 Å². The van der Waals surface area contributed by atoms with Crippen LogP contribution in [-0.4, -0.2) is 32.1 Å². The number of hydrogen-bond donors (Lipinski definition) is 3. The molecule has 0 spiro atoms. The quantitative estimate of drug-likeness (QED) is 0.465. The van der Waals surface area contributed by atoms with Crippen LogP contribution in [0.2, 0.25) is 0 Å². The summed E-state index contributed by atoms with van der Waals surface area (Å²) in [6.45, 7) is 3.76. The molecule has 0 aromatic carbocycles. The standard InChI is InChI=1S/C7H15N3O/c8-7(11)3-6-4-9-1-2-10-5-6/h6,9-10H,1-5H2,(H2,8,11). The van der Waals surface area contributed by atoms with Crippen molar-refractivity contribution in [3.63, 3.8) is 0 Å². The molecule has 4 nitrogen and oxygen atoms in total. The van der Waals surface area contributed by atoms with Crippen molar-refractivity contribution in [2.24, 2.45) is 11.7 Å². The molecule has 1 aliphatic heterocycles. The maximum atomic E-state index is 10.5. The minimum atomic E-state index is -0.208. The number of nitrogens with two attached hydrogens (primary N) is 1. The van der Waals surface area contributed by atoms with Crippen LogP contribution in [0.3, 0.4) is 0 Å². The normalized spacial score (nSPS) is 21.1. The molecule has 4 N–H and O–H groups in total. The molecule has 0 aromatic heterocycles. The molecule has 0 saturated carbocycles. The fraction of sp³-hybridized carbons (Fsp3) is 0.857. The molecule has 64 valence electrons. The Hall–Kier alpha value is -0.610. The summed E-state index contributed by atoms with van der Waals surface area (Å²) < 4.78 is 0. The van der Waals surface area contributed by atoms with Crippen LogP contribution in [0, 0.1) is 5.92 Å². The second kappa shape index (κ2) is 4.31. The molecule has 0 unspecified atom stereocenters. The molecule has 11 heavy (non-hydrogen) atoms. The number of rotatable bonds is 2. The Morgan fingerprint density at radius 3 is 2.36 bits per heavy atom. The van der Waals surface area contributed by atoms with E-state index in [1.54, 1.807) is 0 Å². The molecule has 0 aliphatic carbocycles. The molecule has 1 rings (SSSR count). The predicted octanol–water partition coefficient (Wildman–Crippen LogP) is -1.33. The van der Waals surface area contributed by atoms with E-state index in [4.69, 9.17) is 5.73 Å². The second-order valence-corrected chi connectivity index (χ2v) is 2.94. The van der Waals surface area contributed by atoms with Crippen molar-refractivity contribution in [2.45, 2.75) is 6.42 Å². The third-order valence-corrected chi connectivity index (χ3v) is 1.83. The van der Waals surface area contributed by atoms with Gasteiger partial charge in [-0.05, 0) is 19.0 Å². The summed E-state index contributed by atoms with van der Waals surface area (Å²) in [4.78, 5) is 10.5. The van der Waals surface area contributed by atoms with Gasteiger partial charge in [0.15, 0.2) is 0 Å². The van der Waals surface area contributed by atoms with Crippen LogP contribution in [0.15, 0.2) is 0 Å². The van der Waals surface area contributed by atoms with E-state index in [2.05, 4.69) is 10.6 Å². The molecule has 1 amide bonds. The molecule has 0 bridgehead atoms.